The Kier molecular flexibility index (Phi) is 7.11. The summed E-state index contributed by atoms with van der Waals surface area (Å²) >= 11 is 5.90. The third-order valence-corrected chi connectivity index (χ3v) is 9.51. The number of halogens is 1. The van der Waals surface area contributed by atoms with Crippen molar-refractivity contribution in [1.82, 2.24) is 5.32 Å². The SMILES string of the molecule is Cc1ccc(N(CC(=O)N[C@@H](C)[C@@H]2C[C@H]3CC[C@H]2C3)S(=O)(=O)c2ccc(Cl)c([N+](=O)[O-])c2)c(C)c1. The lowest BCUT2D eigenvalue weighted by Gasteiger charge is -2.30. The molecule has 0 aromatic heterocycles. The van der Waals surface area contributed by atoms with E-state index in [1.165, 1.54) is 31.4 Å². The van der Waals surface area contributed by atoms with Crippen LogP contribution in [0.15, 0.2) is 41.3 Å². The molecule has 1 amide bonds. The van der Waals surface area contributed by atoms with Crippen molar-refractivity contribution in [2.75, 3.05) is 10.8 Å². The maximum absolute atomic E-state index is 13.7. The number of nitrogens with one attached hydrogen (secondary N) is 1. The number of aryl methyl sites for hydroxylation is 2. The standard InChI is InChI=1S/C25H30ClN3O5S/c1-15-4-9-23(16(2)10-15)28(35(33,34)20-7-8-22(26)24(13-20)29(31)32)14-25(30)27-17(3)21-12-18-5-6-19(21)11-18/h4,7-10,13,17-19,21H,5-6,11-12,14H2,1-3H3,(H,27,30)/t17-,18-,19-,21-/m0/s1. The van der Waals surface area contributed by atoms with Crippen LogP contribution in [0.5, 0.6) is 0 Å². The smallest absolute Gasteiger partial charge is 0.289 e. The van der Waals surface area contributed by atoms with Crippen LogP contribution in [-0.2, 0) is 14.8 Å². The van der Waals surface area contributed by atoms with Crippen molar-refractivity contribution < 1.29 is 18.1 Å². The van der Waals surface area contributed by atoms with Gasteiger partial charge in [0.1, 0.15) is 11.6 Å². The molecule has 2 fully saturated rings. The first-order chi connectivity index (χ1) is 16.5. The third kappa shape index (κ3) is 5.16. The van der Waals surface area contributed by atoms with Crippen LogP contribution in [0, 0.1) is 41.7 Å². The molecular formula is C25H30ClN3O5S. The molecule has 2 aliphatic rings. The van der Waals surface area contributed by atoms with Gasteiger partial charge >= 0.3 is 0 Å². The van der Waals surface area contributed by atoms with Gasteiger partial charge in [-0.3, -0.25) is 19.2 Å². The molecule has 8 nitrogen and oxygen atoms in total. The molecule has 2 aromatic carbocycles. The summed E-state index contributed by atoms with van der Waals surface area (Å²) in [6.45, 7) is 5.21. The minimum absolute atomic E-state index is 0.0573. The van der Waals surface area contributed by atoms with E-state index in [1.807, 2.05) is 19.9 Å². The number of sulfonamides is 1. The fourth-order valence-electron chi connectivity index (χ4n) is 5.75. The van der Waals surface area contributed by atoms with Crippen LogP contribution >= 0.6 is 11.6 Å². The maximum Gasteiger partial charge on any atom is 0.289 e. The monoisotopic (exact) mass is 519 g/mol. The number of nitro groups is 1. The van der Waals surface area contributed by atoms with Gasteiger partial charge in [-0.1, -0.05) is 35.7 Å². The molecule has 0 heterocycles. The van der Waals surface area contributed by atoms with E-state index in [0.717, 1.165) is 28.3 Å². The molecule has 0 unspecified atom stereocenters. The molecule has 2 saturated carbocycles. The van der Waals surface area contributed by atoms with Gasteiger partial charge < -0.3 is 5.32 Å². The zero-order valence-electron chi connectivity index (χ0n) is 20.0. The van der Waals surface area contributed by atoms with Crippen LogP contribution in [0.2, 0.25) is 5.02 Å². The molecule has 0 aliphatic heterocycles. The fraction of sp³-hybridized carbons (Fsp3) is 0.480. The Morgan fingerprint density at radius 3 is 2.54 bits per heavy atom. The zero-order chi connectivity index (χ0) is 25.5. The number of nitro benzene ring substituents is 1. The van der Waals surface area contributed by atoms with E-state index in [4.69, 9.17) is 11.6 Å². The van der Waals surface area contributed by atoms with Crippen LogP contribution in [0.25, 0.3) is 0 Å². The van der Waals surface area contributed by atoms with Crippen LogP contribution in [0.4, 0.5) is 11.4 Å². The Bertz CT molecular complexity index is 1270. The molecule has 4 rings (SSSR count). The summed E-state index contributed by atoms with van der Waals surface area (Å²) in [7, 11) is -4.31. The first-order valence-corrected chi connectivity index (χ1v) is 13.6. The summed E-state index contributed by atoms with van der Waals surface area (Å²) in [6, 6.07) is 8.53. The fourth-order valence-corrected chi connectivity index (χ4v) is 7.44. The number of hydrogen-bond acceptors (Lipinski definition) is 5. The van der Waals surface area contributed by atoms with E-state index in [2.05, 4.69) is 5.32 Å². The number of hydrogen-bond donors (Lipinski definition) is 1. The second kappa shape index (κ2) is 9.78. The summed E-state index contributed by atoms with van der Waals surface area (Å²) in [6.07, 6.45) is 4.75. The second-order valence-electron chi connectivity index (χ2n) is 9.87. The van der Waals surface area contributed by atoms with E-state index < -0.39 is 33.1 Å². The highest BCUT2D eigenvalue weighted by molar-refractivity contribution is 7.92. The first kappa shape index (κ1) is 25.4. The van der Waals surface area contributed by atoms with Gasteiger partial charge in [0.25, 0.3) is 15.7 Å². The van der Waals surface area contributed by atoms with Crippen molar-refractivity contribution in [3.63, 3.8) is 0 Å². The Hall–Kier alpha value is -2.65. The van der Waals surface area contributed by atoms with Gasteiger partial charge in [-0.15, -0.1) is 0 Å². The van der Waals surface area contributed by atoms with Gasteiger partial charge in [0.2, 0.25) is 5.91 Å². The molecule has 1 N–H and O–H groups in total. The van der Waals surface area contributed by atoms with Gasteiger partial charge in [-0.05, 0) is 81.5 Å². The summed E-state index contributed by atoms with van der Waals surface area (Å²) in [5.74, 6) is 1.34. The van der Waals surface area contributed by atoms with Crippen LogP contribution < -0.4 is 9.62 Å². The molecule has 2 bridgehead atoms. The number of fused-ring (bicyclic) bond motifs is 2. The van der Waals surface area contributed by atoms with Crippen molar-refractivity contribution in [3.05, 3.63) is 62.7 Å². The maximum atomic E-state index is 13.7. The quantitative estimate of drug-likeness (QED) is 0.390. The molecule has 10 heteroatoms. The van der Waals surface area contributed by atoms with Crippen LogP contribution in [-0.4, -0.2) is 31.8 Å². The lowest BCUT2D eigenvalue weighted by Crippen LogP contribution is -2.46. The molecule has 4 atom stereocenters. The second-order valence-corrected chi connectivity index (χ2v) is 12.1. The summed E-state index contributed by atoms with van der Waals surface area (Å²) < 4.78 is 28.5. The summed E-state index contributed by atoms with van der Waals surface area (Å²) in [5.41, 5.74) is 1.45. The summed E-state index contributed by atoms with van der Waals surface area (Å²) in [5, 5.41) is 14.2. The van der Waals surface area contributed by atoms with Crippen molar-refractivity contribution in [2.24, 2.45) is 17.8 Å². The minimum Gasteiger partial charge on any atom is -0.352 e. The highest BCUT2D eigenvalue weighted by Gasteiger charge is 2.42. The molecule has 0 radical (unpaired) electrons. The van der Waals surface area contributed by atoms with Gasteiger partial charge in [-0.2, -0.15) is 0 Å². The van der Waals surface area contributed by atoms with Gasteiger partial charge in [0.15, 0.2) is 0 Å². The van der Waals surface area contributed by atoms with Gasteiger partial charge in [-0.25, -0.2) is 8.42 Å². The number of carbonyl (C=O) groups excluding carboxylic acids is 1. The van der Waals surface area contributed by atoms with E-state index >= 15 is 0 Å². The Morgan fingerprint density at radius 1 is 1.20 bits per heavy atom. The predicted molar refractivity (Wildman–Crippen MR) is 135 cm³/mol. The third-order valence-electron chi connectivity index (χ3n) is 7.43. The summed E-state index contributed by atoms with van der Waals surface area (Å²) in [4.78, 5) is 23.5. The number of benzene rings is 2. The average molecular weight is 520 g/mol. The largest absolute Gasteiger partial charge is 0.352 e. The van der Waals surface area contributed by atoms with Crippen molar-refractivity contribution in [1.29, 1.82) is 0 Å². The molecular weight excluding hydrogens is 490 g/mol. The normalized spacial score (nSPS) is 22.1. The van der Waals surface area contributed by atoms with Gasteiger partial charge in [0.05, 0.1) is 15.5 Å². The molecule has 35 heavy (non-hydrogen) atoms. The molecule has 2 aromatic rings. The van der Waals surface area contributed by atoms with Crippen LogP contribution in [0.3, 0.4) is 0 Å². The number of rotatable bonds is 8. The van der Waals surface area contributed by atoms with Crippen molar-refractivity contribution >= 4 is 38.9 Å². The Labute approximate surface area is 210 Å². The Morgan fingerprint density at radius 2 is 1.94 bits per heavy atom. The predicted octanol–water partition coefficient (Wildman–Crippen LogP) is 5.00. The number of nitrogens with zero attached hydrogens (tertiary/aromatic N) is 2. The molecule has 188 valence electrons. The highest BCUT2D eigenvalue weighted by atomic mass is 35.5. The zero-order valence-corrected chi connectivity index (χ0v) is 21.6. The average Bonchev–Trinajstić information content (AvgIpc) is 3.42. The number of carbonyl (C=O) groups is 1. The van der Waals surface area contributed by atoms with Crippen molar-refractivity contribution in [2.45, 2.75) is 57.4 Å². The van der Waals surface area contributed by atoms with E-state index in [1.54, 1.807) is 19.1 Å². The van der Waals surface area contributed by atoms with Gasteiger partial charge in [0, 0.05) is 12.1 Å². The topological polar surface area (TPSA) is 110 Å². The molecule has 0 spiro atoms. The lowest BCUT2D eigenvalue weighted by atomic mass is 9.84. The number of amides is 1. The van der Waals surface area contributed by atoms with E-state index in [-0.39, 0.29) is 16.0 Å². The minimum atomic E-state index is -4.31. The first-order valence-electron chi connectivity index (χ1n) is 11.8. The van der Waals surface area contributed by atoms with E-state index in [9.17, 15) is 23.3 Å². The molecule has 2 aliphatic carbocycles. The molecule has 0 saturated heterocycles. The Balaban J connectivity index is 1.64. The lowest BCUT2D eigenvalue weighted by molar-refractivity contribution is -0.384. The van der Waals surface area contributed by atoms with Crippen LogP contribution in [0.1, 0.15) is 43.7 Å². The van der Waals surface area contributed by atoms with Crippen molar-refractivity contribution in [3.8, 4) is 0 Å². The number of anilines is 1. The highest BCUT2D eigenvalue weighted by Crippen LogP contribution is 2.49. The van der Waals surface area contributed by atoms with E-state index in [0.29, 0.717) is 23.1 Å².